The highest BCUT2D eigenvalue weighted by atomic mass is 79.9. The van der Waals surface area contributed by atoms with Gasteiger partial charge >= 0.3 is 0 Å². The SMILES string of the molecule is O=C(CN(c1ccc(Br)cc1)S(=O)(=O)c1ccccc1)N1CCN(c2ccc(F)cc2)CC1. The zero-order valence-corrected chi connectivity index (χ0v) is 20.2. The van der Waals surface area contributed by atoms with Crippen LogP contribution in [0.2, 0.25) is 0 Å². The summed E-state index contributed by atoms with van der Waals surface area (Å²) < 4.78 is 42.0. The van der Waals surface area contributed by atoms with Crippen molar-refractivity contribution in [3.05, 3.63) is 89.2 Å². The van der Waals surface area contributed by atoms with Gasteiger partial charge in [-0.3, -0.25) is 9.10 Å². The van der Waals surface area contributed by atoms with Crippen molar-refractivity contribution in [2.24, 2.45) is 0 Å². The fourth-order valence-electron chi connectivity index (χ4n) is 3.73. The van der Waals surface area contributed by atoms with Gasteiger partial charge < -0.3 is 9.80 Å². The highest BCUT2D eigenvalue weighted by molar-refractivity contribution is 9.10. The number of halogens is 2. The molecule has 1 aliphatic heterocycles. The second-order valence-corrected chi connectivity index (χ2v) is 10.4. The van der Waals surface area contributed by atoms with E-state index >= 15 is 0 Å². The van der Waals surface area contributed by atoms with Crippen molar-refractivity contribution in [1.82, 2.24) is 4.90 Å². The van der Waals surface area contributed by atoms with E-state index < -0.39 is 10.0 Å². The normalized spacial score (nSPS) is 14.2. The lowest BCUT2D eigenvalue weighted by atomic mass is 10.2. The number of anilines is 2. The molecule has 33 heavy (non-hydrogen) atoms. The quantitative estimate of drug-likeness (QED) is 0.479. The Labute approximate surface area is 201 Å². The van der Waals surface area contributed by atoms with Gasteiger partial charge in [0.1, 0.15) is 12.4 Å². The number of sulfonamides is 1. The fourth-order valence-corrected chi connectivity index (χ4v) is 5.43. The molecule has 0 spiro atoms. The molecule has 1 aliphatic rings. The van der Waals surface area contributed by atoms with Crippen molar-refractivity contribution >= 4 is 43.2 Å². The highest BCUT2D eigenvalue weighted by Gasteiger charge is 2.30. The van der Waals surface area contributed by atoms with E-state index in [9.17, 15) is 17.6 Å². The van der Waals surface area contributed by atoms with Crippen molar-refractivity contribution in [3.8, 4) is 0 Å². The van der Waals surface area contributed by atoms with Crippen LogP contribution in [-0.4, -0.2) is 51.9 Å². The van der Waals surface area contributed by atoms with Crippen molar-refractivity contribution in [2.75, 3.05) is 41.9 Å². The Hall–Kier alpha value is -2.91. The number of nitrogens with zero attached hydrogens (tertiary/aromatic N) is 3. The topological polar surface area (TPSA) is 60.9 Å². The van der Waals surface area contributed by atoms with Gasteiger partial charge in [0, 0.05) is 36.3 Å². The van der Waals surface area contributed by atoms with Crippen molar-refractivity contribution in [2.45, 2.75) is 4.90 Å². The molecule has 1 amide bonds. The van der Waals surface area contributed by atoms with Crippen LogP contribution < -0.4 is 9.21 Å². The molecule has 4 rings (SSSR count). The molecule has 0 atom stereocenters. The summed E-state index contributed by atoms with van der Waals surface area (Å²) >= 11 is 3.36. The molecular weight excluding hydrogens is 509 g/mol. The largest absolute Gasteiger partial charge is 0.368 e. The van der Waals surface area contributed by atoms with E-state index in [1.807, 2.05) is 0 Å². The zero-order valence-electron chi connectivity index (χ0n) is 17.8. The molecule has 0 N–H and O–H groups in total. The molecule has 0 unspecified atom stereocenters. The standard InChI is InChI=1S/C24H23BrFN3O3S/c25-19-6-10-22(11-7-19)29(33(31,32)23-4-2-1-3-5-23)18-24(30)28-16-14-27(15-17-28)21-12-8-20(26)9-13-21/h1-13H,14-18H2. The average Bonchev–Trinajstić information content (AvgIpc) is 2.84. The van der Waals surface area contributed by atoms with E-state index in [0.717, 1.165) is 14.5 Å². The molecule has 0 radical (unpaired) electrons. The smallest absolute Gasteiger partial charge is 0.264 e. The first kappa shape index (κ1) is 23.3. The second-order valence-electron chi connectivity index (χ2n) is 7.65. The third-order valence-corrected chi connectivity index (χ3v) is 7.87. The van der Waals surface area contributed by atoms with Gasteiger partial charge in [-0.1, -0.05) is 34.1 Å². The maximum atomic E-state index is 13.4. The molecule has 1 saturated heterocycles. The van der Waals surface area contributed by atoms with Gasteiger partial charge in [-0.25, -0.2) is 12.8 Å². The van der Waals surface area contributed by atoms with Crippen LogP contribution in [0, 0.1) is 5.82 Å². The van der Waals surface area contributed by atoms with E-state index in [4.69, 9.17) is 0 Å². The van der Waals surface area contributed by atoms with E-state index in [2.05, 4.69) is 20.8 Å². The third kappa shape index (κ3) is 5.36. The molecule has 0 aliphatic carbocycles. The van der Waals surface area contributed by atoms with Gasteiger partial charge in [0.15, 0.2) is 0 Å². The highest BCUT2D eigenvalue weighted by Crippen LogP contribution is 2.26. The minimum absolute atomic E-state index is 0.127. The van der Waals surface area contributed by atoms with Crippen LogP contribution in [0.1, 0.15) is 0 Å². The number of hydrogen-bond acceptors (Lipinski definition) is 4. The van der Waals surface area contributed by atoms with E-state index in [1.165, 1.54) is 24.3 Å². The number of piperazine rings is 1. The fraction of sp³-hybridized carbons (Fsp3) is 0.208. The summed E-state index contributed by atoms with van der Waals surface area (Å²) in [4.78, 5) is 17.0. The maximum Gasteiger partial charge on any atom is 0.264 e. The van der Waals surface area contributed by atoms with Gasteiger partial charge in [0.2, 0.25) is 5.91 Å². The van der Waals surface area contributed by atoms with Gasteiger partial charge in [-0.2, -0.15) is 0 Å². The first-order valence-corrected chi connectivity index (χ1v) is 12.7. The van der Waals surface area contributed by atoms with E-state index in [1.54, 1.807) is 59.5 Å². The van der Waals surface area contributed by atoms with Crippen LogP contribution in [0.4, 0.5) is 15.8 Å². The minimum Gasteiger partial charge on any atom is -0.368 e. The maximum absolute atomic E-state index is 13.4. The third-order valence-electron chi connectivity index (χ3n) is 5.55. The monoisotopic (exact) mass is 531 g/mol. The van der Waals surface area contributed by atoms with Gasteiger partial charge in [0.25, 0.3) is 10.0 Å². The number of rotatable bonds is 6. The van der Waals surface area contributed by atoms with Gasteiger partial charge in [-0.15, -0.1) is 0 Å². The summed E-state index contributed by atoms with van der Waals surface area (Å²) in [5.74, 6) is -0.559. The van der Waals surface area contributed by atoms with Crippen LogP contribution in [0.25, 0.3) is 0 Å². The lowest BCUT2D eigenvalue weighted by molar-refractivity contribution is -0.129. The molecule has 0 saturated carbocycles. The Balaban J connectivity index is 1.51. The molecule has 3 aromatic carbocycles. The Bertz CT molecular complexity index is 1200. The van der Waals surface area contributed by atoms with Crippen molar-refractivity contribution < 1.29 is 17.6 Å². The van der Waals surface area contributed by atoms with Crippen molar-refractivity contribution in [1.29, 1.82) is 0 Å². The molecule has 0 aromatic heterocycles. The summed E-state index contributed by atoms with van der Waals surface area (Å²) in [5, 5.41) is 0. The number of carbonyl (C=O) groups is 1. The first-order valence-electron chi connectivity index (χ1n) is 10.5. The molecule has 9 heteroatoms. The first-order chi connectivity index (χ1) is 15.8. The van der Waals surface area contributed by atoms with Crippen LogP contribution in [-0.2, 0) is 14.8 Å². The summed E-state index contributed by atoms with van der Waals surface area (Å²) in [6, 6.07) is 21.2. The van der Waals surface area contributed by atoms with Crippen LogP contribution in [0.5, 0.6) is 0 Å². The van der Waals surface area contributed by atoms with Gasteiger partial charge in [-0.05, 0) is 60.7 Å². The summed E-state index contributed by atoms with van der Waals surface area (Å²) in [5.41, 5.74) is 1.31. The van der Waals surface area contributed by atoms with Crippen LogP contribution in [0.15, 0.2) is 88.2 Å². The molecular formula is C24H23BrFN3O3S. The molecule has 172 valence electrons. The Morgan fingerprint density at radius 2 is 1.48 bits per heavy atom. The van der Waals surface area contributed by atoms with E-state index in [-0.39, 0.29) is 23.2 Å². The number of benzene rings is 3. The molecule has 6 nitrogen and oxygen atoms in total. The predicted molar refractivity (Wildman–Crippen MR) is 130 cm³/mol. The van der Waals surface area contributed by atoms with Gasteiger partial charge in [0.05, 0.1) is 10.6 Å². The minimum atomic E-state index is -3.93. The second kappa shape index (κ2) is 9.93. The Kier molecular flexibility index (Phi) is 6.99. The molecule has 1 fully saturated rings. The lowest BCUT2D eigenvalue weighted by Gasteiger charge is -2.37. The summed E-state index contributed by atoms with van der Waals surface area (Å²) in [6.45, 7) is 1.78. The molecule has 0 bridgehead atoms. The summed E-state index contributed by atoms with van der Waals surface area (Å²) in [6.07, 6.45) is 0. The Morgan fingerprint density at radius 1 is 0.879 bits per heavy atom. The van der Waals surface area contributed by atoms with Crippen molar-refractivity contribution in [3.63, 3.8) is 0 Å². The molecule has 1 heterocycles. The Morgan fingerprint density at radius 3 is 2.09 bits per heavy atom. The predicted octanol–water partition coefficient (Wildman–Crippen LogP) is 4.13. The molecule has 3 aromatic rings. The zero-order chi connectivity index (χ0) is 23.4. The average molecular weight is 532 g/mol. The van der Waals surface area contributed by atoms with Crippen LogP contribution in [0.3, 0.4) is 0 Å². The van der Waals surface area contributed by atoms with E-state index in [0.29, 0.717) is 31.9 Å². The number of hydrogen-bond donors (Lipinski definition) is 0. The number of amides is 1. The summed E-state index contributed by atoms with van der Waals surface area (Å²) in [7, 11) is -3.93. The van der Waals surface area contributed by atoms with Crippen LogP contribution >= 0.6 is 15.9 Å². The lowest BCUT2D eigenvalue weighted by Crippen LogP contribution is -2.52. The number of carbonyl (C=O) groups excluding carboxylic acids is 1.